The monoisotopic (exact) mass is 291 g/mol. The molecule has 0 unspecified atom stereocenters. The second kappa shape index (κ2) is 5.05. The average Bonchev–Trinajstić information content (AvgIpc) is 3.23. The van der Waals surface area contributed by atoms with E-state index < -0.39 is 0 Å². The molecule has 0 aliphatic heterocycles. The van der Waals surface area contributed by atoms with E-state index in [9.17, 15) is 0 Å². The third kappa shape index (κ3) is 2.04. The van der Waals surface area contributed by atoms with Gasteiger partial charge in [-0.1, -0.05) is 0 Å². The summed E-state index contributed by atoms with van der Waals surface area (Å²) in [6, 6.07) is 2.02. The highest BCUT2D eigenvalue weighted by molar-refractivity contribution is 5.91. The van der Waals surface area contributed by atoms with E-state index in [1.165, 1.54) is 0 Å². The summed E-state index contributed by atoms with van der Waals surface area (Å²) in [5.41, 5.74) is 11.8. The summed E-state index contributed by atoms with van der Waals surface area (Å²) >= 11 is 0. The Bertz CT molecular complexity index is 924. The molecule has 7 nitrogen and oxygen atoms in total. The Hall–Kier alpha value is -3.06. The van der Waals surface area contributed by atoms with Gasteiger partial charge in [-0.05, 0) is 11.6 Å². The molecule has 7 heteroatoms. The van der Waals surface area contributed by atoms with Gasteiger partial charge in [0.1, 0.15) is 5.52 Å². The Labute approximate surface area is 125 Å². The van der Waals surface area contributed by atoms with Crippen molar-refractivity contribution in [2.45, 2.75) is 6.54 Å². The molecule has 108 valence electrons. The van der Waals surface area contributed by atoms with Crippen LogP contribution >= 0.6 is 0 Å². The molecule has 0 amide bonds. The lowest BCUT2D eigenvalue weighted by atomic mass is 10.1. The lowest BCUT2D eigenvalue weighted by Crippen LogP contribution is -1.97. The molecule has 4 heterocycles. The zero-order chi connectivity index (χ0) is 14.9. The van der Waals surface area contributed by atoms with Gasteiger partial charge in [0.2, 0.25) is 0 Å². The molecule has 0 aliphatic rings. The topological polar surface area (TPSA) is 109 Å². The molecule has 0 radical (unpaired) electrons. The number of hydrogen-bond acceptors (Lipinski definition) is 5. The van der Waals surface area contributed by atoms with Crippen molar-refractivity contribution in [3.63, 3.8) is 0 Å². The SMILES string of the molecule is NCc1cncc(-c2c[nH]c3ncc(-c4cn[nH]c4)nc23)c1. The maximum atomic E-state index is 5.69. The maximum Gasteiger partial charge on any atom is 0.156 e. The largest absolute Gasteiger partial charge is 0.344 e. The summed E-state index contributed by atoms with van der Waals surface area (Å²) in [6.45, 7) is 0.454. The molecule has 0 bridgehead atoms. The first-order chi connectivity index (χ1) is 10.8. The Morgan fingerprint density at radius 1 is 1.05 bits per heavy atom. The van der Waals surface area contributed by atoms with Crippen LogP contribution in [0, 0.1) is 0 Å². The molecule has 0 aliphatic carbocycles. The van der Waals surface area contributed by atoms with E-state index in [1.807, 2.05) is 12.3 Å². The van der Waals surface area contributed by atoms with Gasteiger partial charge in [-0.3, -0.25) is 10.1 Å². The zero-order valence-corrected chi connectivity index (χ0v) is 11.6. The number of aromatic nitrogens is 6. The van der Waals surface area contributed by atoms with Gasteiger partial charge in [0.05, 0.1) is 18.1 Å². The van der Waals surface area contributed by atoms with Crippen molar-refractivity contribution in [3.8, 4) is 22.4 Å². The number of fused-ring (bicyclic) bond motifs is 1. The van der Waals surface area contributed by atoms with E-state index in [0.717, 1.165) is 39.1 Å². The summed E-state index contributed by atoms with van der Waals surface area (Å²) in [4.78, 5) is 16.5. The third-order valence-corrected chi connectivity index (χ3v) is 3.52. The van der Waals surface area contributed by atoms with Crippen molar-refractivity contribution in [2.24, 2.45) is 5.73 Å². The van der Waals surface area contributed by atoms with Crippen LogP contribution in [-0.4, -0.2) is 30.1 Å². The number of nitrogens with two attached hydrogens (primary N) is 1. The first-order valence-corrected chi connectivity index (χ1v) is 6.83. The van der Waals surface area contributed by atoms with Crippen LogP contribution in [0.4, 0.5) is 0 Å². The molecule has 0 fully saturated rings. The fraction of sp³-hybridized carbons (Fsp3) is 0.0667. The van der Waals surface area contributed by atoms with E-state index >= 15 is 0 Å². The Balaban J connectivity index is 1.89. The van der Waals surface area contributed by atoms with Crippen molar-refractivity contribution in [2.75, 3.05) is 0 Å². The number of H-pyrrole nitrogens is 2. The van der Waals surface area contributed by atoms with Gasteiger partial charge in [0.15, 0.2) is 5.65 Å². The minimum Gasteiger partial charge on any atom is -0.344 e. The molecular formula is C15H13N7. The standard InChI is InChI=1S/C15H13N7/c16-2-9-1-10(4-17-3-9)12-7-18-15-14(12)22-13(8-19-15)11-5-20-21-6-11/h1,3-8H,2,16H2,(H,18,19)(H,20,21). The van der Waals surface area contributed by atoms with E-state index in [-0.39, 0.29) is 0 Å². The molecule has 4 aromatic heterocycles. The summed E-state index contributed by atoms with van der Waals surface area (Å²) < 4.78 is 0. The van der Waals surface area contributed by atoms with Crippen LogP contribution < -0.4 is 5.73 Å². The highest BCUT2D eigenvalue weighted by Crippen LogP contribution is 2.28. The molecular weight excluding hydrogens is 278 g/mol. The van der Waals surface area contributed by atoms with Crippen LogP contribution in [0.25, 0.3) is 33.5 Å². The zero-order valence-electron chi connectivity index (χ0n) is 11.6. The molecule has 0 spiro atoms. The first-order valence-electron chi connectivity index (χ1n) is 6.83. The fourth-order valence-electron chi connectivity index (χ4n) is 2.39. The van der Waals surface area contributed by atoms with Gasteiger partial charge in [0.25, 0.3) is 0 Å². The van der Waals surface area contributed by atoms with Crippen molar-refractivity contribution in [3.05, 3.63) is 48.8 Å². The summed E-state index contributed by atoms with van der Waals surface area (Å²) in [5.74, 6) is 0. The fourth-order valence-corrected chi connectivity index (χ4v) is 2.39. The van der Waals surface area contributed by atoms with E-state index in [4.69, 9.17) is 10.7 Å². The van der Waals surface area contributed by atoms with Crippen molar-refractivity contribution < 1.29 is 0 Å². The number of hydrogen-bond donors (Lipinski definition) is 3. The molecule has 4 N–H and O–H groups in total. The maximum absolute atomic E-state index is 5.69. The predicted octanol–water partition coefficient (Wildman–Crippen LogP) is 1.87. The van der Waals surface area contributed by atoms with Gasteiger partial charge in [-0.2, -0.15) is 5.10 Å². The molecule has 0 aromatic carbocycles. The van der Waals surface area contributed by atoms with Crippen molar-refractivity contribution in [1.29, 1.82) is 0 Å². The first kappa shape index (κ1) is 12.7. The number of nitrogens with zero attached hydrogens (tertiary/aromatic N) is 4. The highest BCUT2D eigenvalue weighted by atomic mass is 15.1. The molecule has 4 rings (SSSR count). The van der Waals surface area contributed by atoms with Crippen LogP contribution in [0.15, 0.2) is 43.2 Å². The van der Waals surface area contributed by atoms with Crippen LogP contribution in [0.1, 0.15) is 5.56 Å². The Morgan fingerprint density at radius 2 is 2.00 bits per heavy atom. The minimum absolute atomic E-state index is 0.454. The van der Waals surface area contributed by atoms with Crippen molar-refractivity contribution >= 4 is 11.2 Å². The van der Waals surface area contributed by atoms with Crippen LogP contribution in [-0.2, 0) is 6.54 Å². The summed E-state index contributed by atoms with van der Waals surface area (Å²) in [6.07, 6.45) is 10.7. The van der Waals surface area contributed by atoms with Crippen LogP contribution in [0.5, 0.6) is 0 Å². The number of aromatic amines is 2. The predicted molar refractivity (Wildman–Crippen MR) is 82.6 cm³/mol. The minimum atomic E-state index is 0.454. The van der Waals surface area contributed by atoms with Gasteiger partial charge in [-0.25, -0.2) is 9.97 Å². The van der Waals surface area contributed by atoms with Crippen LogP contribution in [0.3, 0.4) is 0 Å². The molecule has 0 atom stereocenters. The molecule has 22 heavy (non-hydrogen) atoms. The van der Waals surface area contributed by atoms with E-state index in [2.05, 4.69) is 25.1 Å². The average molecular weight is 291 g/mol. The van der Waals surface area contributed by atoms with E-state index in [1.54, 1.807) is 31.0 Å². The number of pyridine rings is 1. The Morgan fingerprint density at radius 3 is 2.82 bits per heavy atom. The molecule has 0 saturated carbocycles. The second-order valence-corrected chi connectivity index (χ2v) is 4.93. The van der Waals surface area contributed by atoms with Crippen LogP contribution in [0.2, 0.25) is 0 Å². The van der Waals surface area contributed by atoms with Gasteiger partial charge in [0, 0.05) is 48.0 Å². The normalized spacial score (nSPS) is 11.1. The van der Waals surface area contributed by atoms with Gasteiger partial charge < -0.3 is 10.7 Å². The number of rotatable bonds is 3. The second-order valence-electron chi connectivity index (χ2n) is 4.93. The molecule has 4 aromatic rings. The lowest BCUT2D eigenvalue weighted by Gasteiger charge is -2.02. The van der Waals surface area contributed by atoms with E-state index in [0.29, 0.717) is 6.54 Å². The Kier molecular flexibility index (Phi) is 2.90. The summed E-state index contributed by atoms with van der Waals surface area (Å²) in [7, 11) is 0. The van der Waals surface area contributed by atoms with Gasteiger partial charge in [-0.15, -0.1) is 0 Å². The highest BCUT2D eigenvalue weighted by Gasteiger charge is 2.11. The van der Waals surface area contributed by atoms with Gasteiger partial charge >= 0.3 is 0 Å². The smallest absolute Gasteiger partial charge is 0.156 e. The summed E-state index contributed by atoms with van der Waals surface area (Å²) in [5, 5.41) is 6.73. The number of nitrogens with one attached hydrogen (secondary N) is 2. The lowest BCUT2D eigenvalue weighted by molar-refractivity contribution is 1.05. The van der Waals surface area contributed by atoms with Crippen molar-refractivity contribution in [1.82, 2.24) is 30.1 Å². The third-order valence-electron chi connectivity index (χ3n) is 3.52. The quantitative estimate of drug-likeness (QED) is 0.534. The molecule has 0 saturated heterocycles.